The van der Waals surface area contributed by atoms with Gasteiger partial charge in [-0.3, -0.25) is 4.79 Å². The Morgan fingerprint density at radius 3 is 2.82 bits per heavy atom. The molecule has 0 spiro atoms. The maximum absolute atomic E-state index is 11.3. The van der Waals surface area contributed by atoms with Crippen LogP contribution in [0.1, 0.15) is 32.6 Å². The lowest BCUT2D eigenvalue weighted by atomic mass is 10.2. The zero-order valence-corrected chi connectivity index (χ0v) is 10.2. The van der Waals surface area contributed by atoms with Crippen molar-refractivity contribution in [2.75, 3.05) is 13.1 Å². The summed E-state index contributed by atoms with van der Waals surface area (Å²) in [6.07, 6.45) is 6.63. The van der Waals surface area contributed by atoms with Crippen LogP contribution in [0.3, 0.4) is 0 Å². The van der Waals surface area contributed by atoms with Crippen molar-refractivity contribution in [3.8, 4) is 0 Å². The van der Waals surface area contributed by atoms with Crippen LogP contribution in [0, 0.1) is 5.92 Å². The highest BCUT2D eigenvalue weighted by molar-refractivity contribution is 5.75. The number of carbonyl (C=O) groups excluding carboxylic acids is 1. The minimum atomic E-state index is -0.901. The lowest BCUT2D eigenvalue weighted by Crippen LogP contribution is -2.39. The molecule has 1 rings (SSSR count). The standard InChI is InChI=1S/C12H20N2O3/c1-9(11(15)16)8-14-12(17)13-7-6-10-4-2-3-5-10/h4,9H,2-3,5-8H2,1H3,(H,15,16)(H2,13,14,17). The first kappa shape index (κ1) is 13.5. The van der Waals surface area contributed by atoms with Crippen LogP contribution in [0.4, 0.5) is 4.79 Å². The Kier molecular flexibility index (Phi) is 5.52. The minimum Gasteiger partial charge on any atom is -0.481 e. The number of urea groups is 1. The molecule has 0 saturated carbocycles. The molecule has 0 aliphatic heterocycles. The van der Waals surface area contributed by atoms with Gasteiger partial charge >= 0.3 is 12.0 Å². The van der Waals surface area contributed by atoms with Crippen molar-refractivity contribution in [1.29, 1.82) is 0 Å². The molecule has 0 bridgehead atoms. The van der Waals surface area contributed by atoms with Crippen LogP contribution < -0.4 is 10.6 Å². The first-order chi connectivity index (χ1) is 8.09. The maximum Gasteiger partial charge on any atom is 0.314 e. The van der Waals surface area contributed by atoms with Crippen LogP contribution in [0.2, 0.25) is 0 Å². The number of rotatable bonds is 6. The molecule has 96 valence electrons. The summed E-state index contributed by atoms with van der Waals surface area (Å²) < 4.78 is 0. The first-order valence-corrected chi connectivity index (χ1v) is 6.02. The highest BCUT2D eigenvalue weighted by Crippen LogP contribution is 2.19. The van der Waals surface area contributed by atoms with Gasteiger partial charge in [0.2, 0.25) is 0 Å². The Morgan fingerprint density at radius 1 is 1.47 bits per heavy atom. The van der Waals surface area contributed by atoms with E-state index in [1.807, 2.05) is 0 Å². The third-order valence-corrected chi connectivity index (χ3v) is 2.86. The topological polar surface area (TPSA) is 78.4 Å². The molecular weight excluding hydrogens is 220 g/mol. The van der Waals surface area contributed by atoms with Gasteiger partial charge in [-0.25, -0.2) is 4.79 Å². The van der Waals surface area contributed by atoms with Gasteiger partial charge in [-0.2, -0.15) is 0 Å². The zero-order chi connectivity index (χ0) is 12.7. The van der Waals surface area contributed by atoms with Gasteiger partial charge in [0, 0.05) is 13.1 Å². The van der Waals surface area contributed by atoms with E-state index in [-0.39, 0.29) is 12.6 Å². The second-order valence-electron chi connectivity index (χ2n) is 4.38. The molecule has 0 aromatic heterocycles. The van der Waals surface area contributed by atoms with Crippen molar-refractivity contribution < 1.29 is 14.7 Å². The molecule has 0 saturated heterocycles. The van der Waals surface area contributed by atoms with E-state index in [1.165, 1.54) is 12.0 Å². The molecule has 0 aromatic rings. The Labute approximate surface area is 101 Å². The van der Waals surface area contributed by atoms with Crippen LogP contribution in [-0.2, 0) is 4.79 Å². The lowest BCUT2D eigenvalue weighted by molar-refractivity contribution is -0.140. The molecular formula is C12H20N2O3. The highest BCUT2D eigenvalue weighted by Gasteiger charge is 2.11. The molecule has 17 heavy (non-hydrogen) atoms. The SMILES string of the molecule is CC(CNC(=O)NCCC1=CCCC1)C(=O)O. The van der Waals surface area contributed by atoms with Gasteiger partial charge in [-0.05, 0) is 25.7 Å². The molecule has 1 aliphatic carbocycles. The van der Waals surface area contributed by atoms with E-state index in [0.717, 1.165) is 19.3 Å². The van der Waals surface area contributed by atoms with Gasteiger partial charge < -0.3 is 15.7 Å². The lowest BCUT2D eigenvalue weighted by Gasteiger charge is -2.10. The number of nitrogens with one attached hydrogen (secondary N) is 2. The van der Waals surface area contributed by atoms with E-state index in [9.17, 15) is 9.59 Å². The molecule has 0 radical (unpaired) electrons. The van der Waals surface area contributed by atoms with Crippen molar-refractivity contribution in [2.45, 2.75) is 32.6 Å². The van der Waals surface area contributed by atoms with Gasteiger partial charge in [0.05, 0.1) is 5.92 Å². The van der Waals surface area contributed by atoms with Gasteiger partial charge in [-0.15, -0.1) is 0 Å². The second-order valence-corrected chi connectivity index (χ2v) is 4.38. The molecule has 5 nitrogen and oxygen atoms in total. The number of aliphatic carboxylic acids is 1. The number of carbonyl (C=O) groups is 2. The number of hydrogen-bond acceptors (Lipinski definition) is 2. The number of amides is 2. The fourth-order valence-electron chi connectivity index (χ4n) is 1.70. The fraction of sp³-hybridized carbons (Fsp3) is 0.667. The summed E-state index contributed by atoms with van der Waals surface area (Å²) in [4.78, 5) is 21.8. The predicted octanol–water partition coefficient (Wildman–Crippen LogP) is 1.51. The summed E-state index contributed by atoms with van der Waals surface area (Å²) in [6, 6.07) is -0.295. The molecule has 0 heterocycles. The van der Waals surface area contributed by atoms with Gasteiger partial charge in [0.1, 0.15) is 0 Å². The van der Waals surface area contributed by atoms with Crippen LogP contribution in [0.5, 0.6) is 0 Å². The summed E-state index contributed by atoms with van der Waals surface area (Å²) in [7, 11) is 0. The van der Waals surface area contributed by atoms with Gasteiger partial charge in [-0.1, -0.05) is 18.6 Å². The van der Waals surface area contributed by atoms with Crippen molar-refractivity contribution in [1.82, 2.24) is 10.6 Å². The molecule has 1 atom stereocenters. The van der Waals surface area contributed by atoms with Crippen LogP contribution in [0.25, 0.3) is 0 Å². The van der Waals surface area contributed by atoms with E-state index in [4.69, 9.17) is 5.11 Å². The highest BCUT2D eigenvalue weighted by atomic mass is 16.4. The smallest absolute Gasteiger partial charge is 0.314 e. The van der Waals surface area contributed by atoms with Crippen LogP contribution in [0.15, 0.2) is 11.6 Å². The number of carboxylic acids is 1. The molecule has 2 amide bonds. The Hall–Kier alpha value is -1.52. The molecule has 1 aliphatic rings. The molecule has 1 unspecified atom stereocenters. The third kappa shape index (κ3) is 5.38. The van der Waals surface area contributed by atoms with Gasteiger partial charge in [0.25, 0.3) is 0 Å². The summed E-state index contributed by atoms with van der Waals surface area (Å²) >= 11 is 0. The van der Waals surface area contributed by atoms with Gasteiger partial charge in [0.15, 0.2) is 0 Å². The third-order valence-electron chi connectivity index (χ3n) is 2.86. The van der Waals surface area contributed by atoms with Crippen molar-refractivity contribution in [3.63, 3.8) is 0 Å². The van der Waals surface area contributed by atoms with Crippen LogP contribution in [-0.4, -0.2) is 30.2 Å². The van der Waals surface area contributed by atoms with Crippen molar-refractivity contribution >= 4 is 12.0 Å². The Morgan fingerprint density at radius 2 is 2.24 bits per heavy atom. The monoisotopic (exact) mass is 240 g/mol. The van der Waals surface area contributed by atoms with E-state index < -0.39 is 11.9 Å². The van der Waals surface area contributed by atoms with E-state index in [1.54, 1.807) is 6.92 Å². The maximum atomic E-state index is 11.3. The Balaban J connectivity index is 2.06. The van der Waals surface area contributed by atoms with Crippen molar-refractivity contribution in [2.24, 2.45) is 5.92 Å². The fourth-order valence-corrected chi connectivity index (χ4v) is 1.70. The molecule has 3 N–H and O–H groups in total. The molecule has 5 heteroatoms. The van der Waals surface area contributed by atoms with E-state index in [0.29, 0.717) is 6.54 Å². The van der Waals surface area contributed by atoms with Crippen LogP contribution >= 0.6 is 0 Å². The summed E-state index contributed by atoms with van der Waals surface area (Å²) in [6.45, 7) is 2.33. The predicted molar refractivity (Wildman–Crippen MR) is 64.8 cm³/mol. The molecule has 0 fully saturated rings. The number of hydrogen-bond donors (Lipinski definition) is 3. The first-order valence-electron chi connectivity index (χ1n) is 6.02. The summed E-state index contributed by atoms with van der Waals surface area (Å²) in [5.41, 5.74) is 1.41. The second kappa shape index (κ2) is 6.93. The number of carboxylic acid groups (broad SMARTS) is 1. The minimum absolute atomic E-state index is 0.157. The summed E-state index contributed by atoms with van der Waals surface area (Å²) in [5, 5.41) is 13.9. The van der Waals surface area contributed by atoms with Crippen molar-refractivity contribution in [3.05, 3.63) is 11.6 Å². The van der Waals surface area contributed by atoms with E-state index in [2.05, 4.69) is 16.7 Å². The summed E-state index contributed by atoms with van der Waals surface area (Å²) in [5.74, 6) is -1.46. The molecule has 0 aromatic carbocycles. The quantitative estimate of drug-likeness (QED) is 0.616. The average molecular weight is 240 g/mol. The zero-order valence-electron chi connectivity index (χ0n) is 10.2. The van der Waals surface area contributed by atoms with E-state index >= 15 is 0 Å². The average Bonchev–Trinajstić information content (AvgIpc) is 2.78. The normalized spacial score (nSPS) is 16.2. The Bertz CT molecular complexity index is 313. The number of allylic oxidation sites excluding steroid dienone is 1. The largest absolute Gasteiger partial charge is 0.481 e.